The first-order valence-corrected chi connectivity index (χ1v) is 9.09. The summed E-state index contributed by atoms with van der Waals surface area (Å²) in [5.41, 5.74) is 0. The zero-order valence-electron chi connectivity index (χ0n) is 14.7. The maximum atomic E-state index is 12.3. The molecule has 1 atom stereocenters. The Morgan fingerprint density at radius 3 is 2.79 bits per heavy atom. The molecule has 0 aliphatic carbocycles. The van der Waals surface area contributed by atoms with Gasteiger partial charge < -0.3 is 19.5 Å². The van der Waals surface area contributed by atoms with Gasteiger partial charge in [-0.2, -0.15) is 4.98 Å². The number of piperidine rings is 1. The van der Waals surface area contributed by atoms with E-state index in [0.29, 0.717) is 30.7 Å². The Labute approximate surface area is 143 Å². The fourth-order valence-corrected chi connectivity index (χ4v) is 3.39. The average Bonchev–Trinajstić information content (AvgIpc) is 3.26. The molecule has 7 heteroatoms. The molecule has 1 amide bonds. The first-order chi connectivity index (χ1) is 11.6. The summed E-state index contributed by atoms with van der Waals surface area (Å²) in [7, 11) is 0. The van der Waals surface area contributed by atoms with E-state index in [9.17, 15) is 4.79 Å². The summed E-state index contributed by atoms with van der Waals surface area (Å²) in [6.45, 7) is 7.73. The van der Waals surface area contributed by atoms with Crippen LogP contribution in [0.1, 0.15) is 57.3 Å². The predicted octanol–water partition coefficient (Wildman–Crippen LogP) is 1.70. The number of hydrogen-bond acceptors (Lipinski definition) is 6. The number of likely N-dealkylation sites (tertiary alicyclic amines) is 1. The molecule has 2 aliphatic heterocycles. The molecule has 0 aromatic carbocycles. The standard InChI is InChI=1S/C17H28N4O3/c1-12(2)21-9-6-13(7-10-21)16(22)18-8-5-15-19-17(24-20-15)14-4-3-11-23-14/h12-14H,3-11H2,1-2H3,(H,18,22). The fraction of sp³-hybridized carbons (Fsp3) is 0.824. The number of amides is 1. The van der Waals surface area contributed by atoms with Crippen LogP contribution in [0.5, 0.6) is 0 Å². The molecule has 0 saturated carbocycles. The van der Waals surface area contributed by atoms with Gasteiger partial charge in [-0.25, -0.2) is 0 Å². The molecule has 1 N–H and O–H groups in total. The summed E-state index contributed by atoms with van der Waals surface area (Å²) in [5.74, 6) is 1.49. The van der Waals surface area contributed by atoms with Crippen LogP contribution in [-0.4, -0.2) is 53.2 Å². The van der Waals surface area contributed by atoms with Crippen molar-refractivity contribution >= 4 is 5.91 Å². The molecule has 7 nitrogen and oxygen atoms in total. The molecule has 1 aromatic heterocycles. The highest BCUT2D eigenvalue weighted by Gasteiger charge is 2.26. The van der Waals surface area contributed by atoms with Crippen LogP contribution in [0.4, 0.5) is 0 Å². The van der Waals surface area contributed by atoms with Gasteiger partial charge in [0.2, 0.25) is 5.91 Å². The summed E-state index contributed by atoms with van der Waals surface area (Å²) in [6.07, 6.45) is 4.39. The second-order valence-electron chi connectivity index (χ2n) is 7.00. The summed E-state index contributed by atoms with van der Waals surface area (Å²) in [6, 6.07) is 0.560. The van der Waals surface area contributed by atoms with E-state index >= 15 is 0 Å². The van der Waals surface area contributed by atoms with Crippen LogP contribution in [0.25, 0.3) is 0 Å². The van der Waals surface area contributed by atoms with Crippen molar-refractivity contribution in [2.24, 2.45) is 5.92 Å². The molecule has 134 valence electrons. The lowest BCUT2D eigenvalue weighted by atomic mass is 9.95. The third kappa shape index (κ3) is 4.33. The summed E-state index contributed by atoms with van der Waals surface area (Å²) in [5, 5.41) is 6.99. The Balaban J connectivity index is 1.38. The molecule has 3 heterocycles. The molecule has 0 radical (unpaired) electrons. The highest BCUT2D eigenvalue weighted by molar-refractivity contribution is 5.78. The summed E-state index contributed by atoms with van der Waals surface area (Å²) >= 11 is 0. The van der Waals surface area contributed by atoms with Gasteiger partial charge in [0.25, 0.3) is 5.89 Å². The van der Waals surface area contributed by atoms with Gasteiger partial charge in [-0.3, -0.25) is 4.79 Å². The molecule has 2 fully saturated rings. The Morgan fingerprint density at radius 2 is 2.12 bits per heavy atom. The molecule has 3 rings (SSSR count). The Kier molecular flexibility index (Phi) is 5.84. The summed E-state index contributed by atoms with van der Waals surface area (Å²) in [4.78, 5) is 19.1. The van der Waals surface area contributed by atoms with Crippen LogP contribution in [-0.2, 0) is 16.0 Å². The highest BCUT2D eigenvalue weighted by Crippen LogP contribution is 2.26. The van der Waals surface area contributed by atoms with Crippen LogP contribution < -0.4 is 5.32 Å². The number of carbonyl (C=O) groups is 1. The van der Waals surface area contributed by atoms with Crippen molar-refractivity contribution < 1.29 is 14.1 Å². The van der Waals surface area contributed by atoms with Crippen LogP contribution >= 0.6 is 0 Å². The van der Waals surface area contributed by atoms with E-state index in [4.69, 9.17) is 9.26 Å². The van der Waals surface area contributed by atoms with E-state index in [0.717, 1.165) is 45.4 Å². The van der Waals surface area contributed by atoms with Crippen molar-refractivity contribution in [1.29, 1.82) is 0 Å². The SMILES string of the molecule is CC(C)N1CCC(C(=O)NCCc2noc(C3CCCO3)n2)CC1. The van der Waals surface area contributed by atoms with Crippen LogP contribution in [0.15, 0.2) is 4.52 Å². The lowest BCUT2D eigenvalue weighted by molar-refractivity contribution is -0.126. The third-order valence-electron chi connectivity index (χ3n) is 4.97. The van der Waals surface area contributed by atoms with E-state index in [-0.39, 0.29) is 17.9 Å². The number of ether oxygens (including phenoxy) is 1. The quantitative estimate of drug-likeness (QED) is 0.852. The molecule has 2 saturated heterocycles. The maximum absolute atomic E-state index is 12.3. The van der Waals surface area contributed by atoms with E-state index in [1.54, 1.807) is 0 Å². The van der Waals surface area contributed by atoms with Gasteiger partial charge in [-0.15, -0.1) is 0 Å². The summed E-state index contributed by atoms with van der Waals surface area (Å²) < 4.78 is 10.8. The Bertz CT molecular complexity index is 532. The molecular weight excluding hydrogens is 308 g/mol. The van der Waals surface area contributed by atoms with Gasteiger partial charge in [-0.05, 0) is 52.6 Å². The minimum Gasteiger partial charge on any atom is -0.368 e. The Hall–Kier alpha value is -1.47. The monoisotopic (exact) mass is 336 g/mol. The normalized spacial score (nSPS) is 23.0. The second-order valence-corrected chi connectivity index (χ2v) is 7.00. The number of hydrogen-bond donors (Lipinski definition) is 1. The third-order valence-corrected chi connectivity index (χ3v) is 4.97. The van der Waals surface area contributed by atoms with Gasteiger partial charge in [-0.1, -0.05) is 5.16 Å². The minimum absolute atomic E-state index is 0.0491. The van der Waals surface area contributed by atoms with Crippen molar-refractivity contribution in [3.8, 4) is 0 Å². The van der Waals surface area contributed by atoms with Gasteiger partial charge in [0, 0.05) is 31.5 Å². The first-order valence-electron chi connectivity index (χ1n) is 9.09. The van der Waals surface area contributed by atoms with E-state index in [2.05, 4.69) is 34.2 Å². The maximum Gasteiger partial charge on any atom is 0.255 e. The molecule has 2 aliphatic rings. The molecular formula is C17H28N4O3. The lowest BCUT2D eigenvalue weighted by Crippen LogP contribution is -2.43. The number of nitrogens with one attached hydrogen (secondary N) is 1. The number of rotatable bonds is 6. The molecule has 0 spiro atoms. The van der Waals surface area contributed by atoms with Crippen molar-refractivity contribution in [2.75, 3.05) is 26.2 Å². The molecule has 1 aromatic rings. The highest BCUT2D eigenvalue weighted by atomic mass is 16.5. The lowest BCUT2D eigenvalue weighted by Gasteiger charge is -2.33. The van der Waals surface area contributed by atoms with Gasteiger partial charge in [0.05, 0.1) is 0 Å². The molecule has 1 unspecified atom stereocenters. The second kappa shape index (κ2) is 8.07. The number of carbonyl (C=O) groups excluding carboxylic acids is 1. The van der Waals surface area contributed by atoms with Crippen molar-refractivity contribution in [2.45, 2.75) is 58.1 Å². The van der Waals surface area contributed by atoms with Crippen LogP contribution in [0, 0.1) is 5.92 Å². The zero-order valence-corrected chi connectivity index (χ0v) is 14.7. The molecule has 0 bridgehead atoms. The minimum atomic E-state index is -0.0491. The predicted molar refractivity (Wildman–Crippen MR) is 88.4 cm³/mol. The number of aromatic nitrogens is 2. The fourth-order valence-electron chi connectivity index (χ4n) is 3.39. The largest absolute Gasteiger partial charge is 0.368 e. The van der Waals surface area contributed by atoms with E-state index in [1.165, 1.54) is 0 Å². The van der Waals surface area contributed by atoms with Gasteiger partial charge in [0.15, 0.2) is 5.82 Å². The zero-order chi connectivity index (χ0) is 16.9. The Morgan fingerprint density at radius 1 is 1.33 bits per heavy atom. The van der Waals surface area contributed by atoms with Gasteiger partial charge in [0.1, 0.15) is 6.10 Å². The van der Waals surface area contributed by atoms with Crippen molar-refractivity contribution in [3.05, 3.63) is 11.7 Å². The average molecular weight is 336 g/mol. The van der Waals surface area contributed by atoms with E-state index < -0.39 is 0 Å². The first kappa shape index (κ1) is 17.4. The van der Waals surface area contributed by atoms with Gasteiger partial charge >= 0.3 is 0 Å². The number of nitrogens with zero attached hydrogens (tertiary/aromatic N) is 3. The molecule has 24 heavy (non-hydrogen) atoms. The smallest absolute Gasteiger partial charge is 0.255 e. The van der Waals surface area contributed by atoms with Crippen LogP contribution in [0.3, 0.4) is 0 Å². The topological polar surface area (TPSA) is 80.5 Å². The van der Waals surface area contributed by atoms with Crippen LogP contribution in [0.2, 0.25) is 0 Å². The van der Waals surface area contributed by atoms with Crippen molar-refractivity contribution in [1.82, 2.24) is 20.4 Å². The van der Waals surface area contributed by atoms with E-state index in [1.807, 2.05) is 0 Å². The van der Waals surface area contributed by atoms with Crippen molar-refractivity contribution in [3.63, 3.8) is 0 Å².